The van der Waals surface area contributed by atoms with E-state index in [0.717, 1.165) is 28.7 Å². The van der Waals surface area contributed by atoms with Crippen molar-refractivity contribution in [2.24, 2.45) is 0 Å². The molecule has 0 amide bonds. The minimum Gasteiger partial charge on any atom is -0.382 e. The molecule has 1 atom stereocenters. The van der Waals surface area contributed by atoms with E-state index in [-0.39, 0.29) is 0 Å². The molecule has 0 saturated heterocycles. The molecule has 0 radical (unpaired) electrons. The second kappa shape index (κ2) is 5.12. The first-order valence-electron chi connectivity index (χ1n) is 5.15. The third-order valence-electron chi connectivity index (χ3n) is 2.39. The summed E-state index contributed by atoms with van der Waals surface area (Å²) in [6, 6.07) is 1.94. The normalized spacial score (nSPS) is 12.9. The molecule has 3 nitrogen and oxygen atoms in total. The van der Waals surface area contributed by atoms with Gasteiger partial charge in [-0.25, -0.2) is 0 Å². The lowest BCUT2D eigenvalue weighted by Gasteiger charge is -2.12. The SMILES string of the molecule is CCCn1ncc(Br)c1C(O)c1ccsc1. The maximum Gasteiger partial charge on any atom is 0.123 e. The van der Waals surface area contributed by atoms with E-state index in [2.05, 4.69) is 28.0 Å². The maximum atomic E-state index is 10.3. The van der Waals surface area contributed by atoms with Gasteiger partial charge in [0.15, 0.2) is 0 Å². The smallest absolute Gasteiger partial charge is 0.123 e. The monoisotopic (exact) mass is 300 g/mol. The first-order valence-corrected chi connectivity index (χ1v) is 6.89. The number of hydrogen-bond acceptors (Lipinski definition) is 3. The fraction of sp³-hybridized carbons (Fsp3) is 0.364. The molecule has 1 unspecified atom stereocenters. The van der Waals surface area contributed by atoms with Gasteiger partial charge < -0.3 is 5.11 Å². The minimum absolute atomic E-state index is 0.602. The Morgan fingerprint density at radius 2 is 2.44 bits per heavy atom. The summed E-state index contributed by atoms with van der Waals surface area (Å²) in [5.74, 6) is 0. The number of aryl methyl sites for hydroxylation is 1. The second-order valence-corrected chi connectivity index (χ2v) is 5.19. The summed E-state index contributed by atoms with van der Waals surface area (Å²) in [6.07, 6.45) is 2.13. The van der Waals surface area contributed by atoms with Crippen LogP contribution in [0.2, 0.25) is 0 Å². The molecule has 0 aliphatic rings. The van der Waals surface area contributed by atoms with Crippen molar-refractivity contribution >= 4 is 27.3 Å². The van der Waals surface area contributed by atoms with Crippen LogP contribution in [0.4, 0.5) is 0 Å². The van der Waals surface area contributed by atoms with Crippen LogP contribution in [0.25, 0.3) is 0 Å². The molecule has 0 fully saturated rings. The van der Waals surface area contributed by atoms with Gasteiger partial charge in [-0.1, -0.05) is 6.92 Å². The van der Waals surface area contributed by atoms with Crippen molar-refractivity contribution in [3.05, 3.63) is 38.8 Å². The van der Waals surface area contributed by atoms with Crippen molar-refractivity contribution in [3.8, 4) is 0 Å². The van der Waals surface area contributed by atoms with Crippen LogP contribution in [0, 0.1) is 0 Å². The molecule has 0 saturated carbocycles. The van der Waals surface area contributed by atoms with Gasteiger partial charge in [0.2, 0.25) is 0 Å². The summed E-state index contributed by atoms with van der Waals surface area (Å²) >= 11 is 5.02. The highest BCUT2D eigenvalue weighted by Gasteiger charge is 2.19. The molecule has 0 aliphatic carbocycles. The Bertz CT molecular complexity index is 453. The average Bonchev–Trinajstić information content (AvgIpc) is 2.88. The van der Waals surface area contributed by atoms with Crippen LogP contribution in [0.3, 0.4) is 0 Å². The topological polar surface area (TPSA) is 38.0 Å². The number of thiophene rings is 1. The number of rotatable bonds is 4. The molecule has 2 aromatic heterocycles. The Labute approximate surface area is 107 Å². The molecule has 0 bridgehead atoms. The van der Waals surface area contributed by atoms with Gasteiger partial charge >= 0.3 is 0 Å². The van der Waals surface area contributed by atoms with Crippen LogP contribution in [0.15, 0.2) is 27.5 Å². The zero-order valence-electron chi connectivity index (χ0n) is 8.93. The summed E-state index contributed by atoms with van der Waals surface area (Å²) in [7, 11) is 0. The zero-order valence-corrected chi connectivity index (χ0v) is 11.3. The lowest BCUT2D eigenvalue weighted by Crippen LogP contribution is -2.10. The van der Waals surface area contributed by atoms with Crippen molar-refractivity contribution in [1.82, 2.24) is 9.78 Å². The van der Waals surface area contributed by atoms with Crippen LogP contribution in [-0.2, 0) is 6.54 Å². The highest BCUT2D eigenvalue weighted by atomic mass is 79.9. The van der Waals surface area contributed by atoms with Crippen LogP contribution >= 0.6 is 27.3 Å². The van der Waals surface area contributed by atoms with Crippen LogP contribution in [-0.4, -0.2) is 14.9 Å². The lowest BCUT2D eigenvalue weighted by atomic mass is 10.1. The molecular formula is C11H13BrN2OS. The number of aliphatic hydroxyl groups is 1. The first-order chi connectivity index (χ1) is 7.74. The molecular weight excluding hydrogens is 288 g/mol. The van der Waals surface area contributed by atoms with E-state index in [1.54, 1.807) is 17.5 Å². The van der Waals surface area contributed by atoms with Crippen molar-refractivity contribution in [2.75, 3.05) is 0 Å². The summed E-state index contributed by atoms with van der Waals surface area (Å²) < 4.78 is 2.71. The van der Waals surface area contributed by atoms with Gasteiger partial charge in [-0.2, -0.15) is 16.4 Å². The van der Waals surface area contributed by atoms with E-state index in [0.29, 0.717) is 0 Å². The summed E-state index contributed by atoms with van der Waals surface area (Å²) in [5.41, 5.74) is 1.75. The van der Waals surface area contributed by atoms with E-state index >= 15 is 0 Å². The van der Waals surface area contributed by atoms with E-state index in [1.165, 1.54) is 0 Å². The van der Waals surface area contributed by atoms with Crippen LogP contribution in [0.5, 0.6) is 0 Å². The molecule has 86 valence electrons. The van der Waals surface area contributed by atoms with Crippen molar-refractivity contribution < 1.29 is 5.11 Å². The quantitative estimate of drug-likeness (QED) is 0.941. The molecule has 2 aromatic rings. The van der Waals surface area contributed by atoms with Crippen LogP contribution < -0.4 is 0 Å². The Hall–Kier alpha value is -0.650. The Kier molecular flexibility index (Phi) is 3.78. The van der Waals surface area contributed by atoms with E-state index < -0.39 is 6.10 Å². The largest absolute Gasteiger partial charge is 0.382 e. The number of aliphatic hydroxyl groups excluding tert-OH is 1. The van der Waals surface area contributed by atoms with Gasteiger partial charge in [0, 0.05) is 6.54 Å². The Morgan fingerprint density at radius 3 is 3.06 bits per heavy atom. The van der Waals surface area contributed by atoms with E-state index in [1.807, 2.05) is 21.5 Å². The van der Waals surface area contributed by atoms with Crippen molar-refractivity contribution in [2.45, 2.75) is 26.0 Å². The molecule has 2 heterocycles. The zero-order chi connectivity index (χ0) is 11.5. The lowest BCUT2D eigenvalue weighted by molar-refractivity contribution is 0.207. The third-order valence-corrected chi connectivity index (χ3v) is 3.70. The Balaban J connectivity index is 2.35. The highest BCUT2D eigenvalue weighted by Crippen LogP contribution is 2.29. The van der Waals surface area contributed by atoms with Crippen LogP contribution in [0.1, 0.15) is 30.7 Å². The van der Waals surface area contributed by atoms with Gasteiger partial charge in [0.25, 0.3) is 0 Å². The number of hydrogen-bond donors (Lipinski definition) is 1. The van der Waals surface area contributed by atoms with Gasteiger partial charge in [-0.15, -0.1) is 0 Å². The second-order valence-electron chi connectivity index (χ2n) is 3.56. The van der Waals surface area contributed by atoms with E-state index in [4.69, 9.17) is 0 Å². The molecule has 0 spiro atoms. The highest BCUT2D eigenvalue weighted by molar-refractivity contribution is 9.10. The predicted molar refractivity (Wildman–Crippen MR) is 68.6 cm³/mol. The molecule has 5 heteroatoms. The standard InChI is InChI=1S/C11H13BrN2OS/c1-2-4-14-10(9(12)6-13-14)11(15)8-3-5-16-7-8/h3,5-7,11,15H,2,4H2,1H3. The average molecular weight is 301 g/mol. The molecule has 16 heavy (non-hydrogen) atoms. The first kappa shape index (κ1) is 11.8. The Morgan fingerprint density at radius 1 is 1.62 bits per heavy atom. The maximum absolute atomic E-state index is 10.3. The van der Waals surface area contributed by atoms with Gasteiger partial charge in [0.05, 0.1) is 16.4 Å². The fourth-order valence-electron chi connectivity index (χ4n) is 1.62. The molecule has 0 aromatic carbocycles. The van der Waals surface area contributed by atoms with Gasteiger partial charge in [-0.05, 0) is 44.7 Å². The number of nitrogens with zero attached hydrogens (tertiary/aromatic N) is 2. The molecule has 2 rings (SSSR count). The molecule has 1 N–H and O–H groups in total. The predicted octanol–water partition coefficient (Wildman–Crippen LogP) is 3.20. The molecule has 0 aliphatic heterocycles. The number of aromatic nitrogens is 2. The fourth-order valence-corrected chi connectivity index (χ4v) is 2.81. The van der Waals surface area contributed by atoms with Gasteiger partial charge in [0.1, 0.15) is 6.10 Å². The summed E-state index contributed by atoms with van der Waals surface area (Å²) in [5, 5.41) is 18.4. The number of halogens is 1. The van der Waals surface area contributed by atoms with Gasteiger partial charge in [-0.3, -0.25) is 4.68 Å². The van der Waals surface area contributed by atoms with E-state index in [9.17, 15) is 5.11 Å². The minimum atomic E-state index is -0.602. The third kappa shape index (κ3) is 2.21. The van der Waals surface area contributed by atoms with Crippen molar-refractivity contribution in [3.63, 3.8) is 0 Å². The summed E-state index contributed by atoms with van der Waals surface area (Å²) in [6.45, 7) is 2.92. The summed E-state index contributed by atoms with van der Waals surface area (Å²) in [4.78, 5) is 0. The van der Waals surface area contributed by atoms with Crippen molar-refractivity contribution in [1.29, 1.82) is 0 Å².